The first kappa shape index (κ1) is 14.9. The summed E-state index contributed by atoms with van der Waals surface area (Å²) in [5, 5.41) is 11.7. The quantitative estimate of drug-likeness (QED) is 0.600. The summed E-state index contributed by atoms with van der Waals surface area (Å²) < 4.78 is 23.0. The van der Waals surface area contributed by atoms with Crippen molar-refractivity contribution in [2.24, 2.45) is 0 Å². The number of nitrogens with zero attached hydrogens (tertiary/aromatic N) is 1. The molecule has 0 saturated heterocycles. The molecule has 0 saturated carbocycles. The fraction of sp³-hybridized carbons (Fsp3) is 0.385. The summed E-state index contributed by atoms with van der Waals surface area (Å²) in [4.78, 5) is 11.0. The molecule has 0 amide bonds. The first-order valence-corrected chi connectivity index (χ1v) is 5.85. The Hall–Kier alpha value is -2.13. The third kappa shape index (κ3) is 4.94. The molecule has 6 heteroatoms. The number of hydrogen-bond acceptors (Lipinski definition) is 5. The second kappa shape index (κ2) is 8.06. The third-order valence-corrected chi connectivity index (χ3v) is 2.21. The number of rotatable bonds is 7. The molecule has 1 aromatic rings. The normalized spacial score (nSPS) is 9.74. The summed E-state index contributed by atoms with van der Waals surface area (Å²) in [6.07, 6.45) is 0. The average Bonchev–Trinajstić information content (AvgIpc) is 2.39. The summed E-state index contributed by atoms with van der Waals surface area (Å²) in [6, 6.07) is 6.13. The van der Waals surface area contributed by atoms with E-state index in [0.29, 0.717) is 18.8 Å². The topological polar surface area (TPSA) is 71.3 Å². The van der Waals surface area contributed by atoms with Crippen molar-refractivity contribution >= 4 is 11.7 Å². The molecule has 1 rings (SSSR count). The number of hydrogen-bond donors (Lipinski definition) is 1. The van der Waals surface area contributed by atoms with Gasteiger partial charge in [0.25, 0.3) is 0 Å². The zero-order valence-corrected chi connectivity index (χ0v) is 10.6. The lowest BCUT2D eigenvalue weighted by molar-refractivity contribution is -0.148. The minimum atomic E-state index is -0.569. The molecular formula is C13H15FN2O3. The number of carbonyl (C=O) groups is 1. The summed E-state index contributed by atoms with van der Waals surface area (Å²) >= 11 is 0. The molecule has 5 nitrogen and oxygen atoms in total. The zero-order valence-electron chi connectivity index (χ0n) is 10.6. The van der Waals surface area contributed by atoms with E-state index in [-0.39, 0.29) is 18.8 Å². The van der Waals surface area contributed by atoms with Gasteiger partial charge in [-0.3, -0.25) is 0 Å². The maximum absolute atomic E-state index is 13.3. The SMILES string of the molecule is CCOC(=O)COCCNc1cccc(F)c1C#N. The van der Waals surface area contributed by atoms with E-state index in [1.165, 1.54) is 12.1 Å². The minimum absolute atomic E-state index is 0.0344. The second-order valence-corrected chi connectivity index (χ2v) is 3.56. The monoisotopic (exact) mass is 266 g/mol. The van der Waals surface area contributed by atoms with E-state index in [9.17, 15) is 9.18 Å². The van der Waals surface area contributed by atoms with Crippen LogP contribution in [0.2, 0.25) is 0 Å². The molecule has 0 heterocycles. The van der Waals surface area contributed by atoms with Crippen LogP contribution < -0.4 is 5.32 Å². The highest BCUT2D eigenvalue weighted by Crippen LogP contribution is 2.17. The van der Waals surface area contributed by atoms with Gasteiger partial charge in [-0.1, -0.05) is 6.07 Å². The van der Waals surface area contributed by atoms with Crippen molar-refractivity contribution in [1.82, 2.24) is 0 Å². The second-order valence-electron chi connectivity index (χ2n) is 3.56. The largest absolute Gasteiger partial charge is 0.464 e. The Bertz CT molecular complexity index is 471. The molecule has 0 aliphatic carbocycles. The number of carbonyl (C=O) groups excluding carboxylic acids is 1. The van der Waals surface area contributed by atoms with Gasteiger partial charge in [0.1, 0.15) is 24.1 Å². The number of anilines is 1. The van der Waals surface area contributed by atoms with E-state index >= 15 is 0 Å². The van der Waals surface area contributed by atoms with E-state index < -0.39 is 11.8 Å². The molecule has 0 unspecified atom stereocenters. The van der Waals surface area contributed by atoms with Crippen LogP contribution in [0.4, 0.5) is 10.1 Å². The van der Waals surface area contributed by atoms with Gasteiger partial charge in [-0.05, 0) is 19.1 Å². The van der Waals surface area contributed by atoms with Crippen LogP contribution in [0.15, 0.2) is 18.2 Å². The number of ether oxygens (including phenoxy) is 2. The van der Waals surface area contributed by atoms with Gasteiger partial charge in [-0.25, -0.2) is 9.18 Å². The van der Waals surface area contributed by atoms with Gasteiger partial charge in [-0.2, -0.15) is 5.26 Å². The maximum atomic E-state index is 13.3. The predicted molar refractivity (Wildman–Crippen MR) is 67.1 cm³/mol. The van der Waals surface area contributed by atoms with E-state index in [1.807, 2.05) is 0 Å². The maximum Gasteiger partial charge on any atom is 0.332 e. The lowest BCUT2D eigenvalue weighted by atomic mass is 10.2. The van der Waals surface area contributed by atoms with E-state index in [4.69, 9.17) is 10.00 Å². The van der Waals surface area contributed by atoms with Crippen LogP contribution >= 0.6 is 0 Å². The van der Waals surface area contributed by atoms with Gasteiger partial charge in [-0.15, -0.1) is 0 Å². The standard InChI is InChI=1S/C13H15FN2O3/c1-2-19-13(17)9-18-7-6-16-12-5-3-4-11(14)10(12)8-15/h3-5,16H,2,6-7,9H2,1H3. The van der Waals surface area contributed by atoms with Gasteiger partial charge in [0, 0.05) is 6.54 Å². The first-order chi connectivity index (χ1) is 9.19. The van der Waals surface area contributed by atoms with Gasteiger partial charge >= 0.3 is 5.97 Å². The van der Waals surface area contributed by atoms with Crippen LogP contribution in [-0.2, 0) is 14.3 Å². The molecule has 0 aliphatic heterocycles. The molecule has 102 valence electrons. The minimum Gasteiger partial charge on any atom is -0.464 e. The molecular weight excluding hydrogens is 251 g/mol. The predicted octanol–water partition coefficient (Wildman–Crippen LogP) is 1.69. The number of nitriles is 1. The number of esters is 1. The van der Waals surface area contributed by atoms with Crippen LogP contribution in [0.3, 0.4) is 0 Å². The van der Waals surface area contributed by atoms with Crippen molar-refractivity contribution in [2.45, 2.75) is 6.92 Å². The average molecular weight is 266 g/mol. The summed E-state index contributed by atoms with van der Waals surface area (Å²) in [6.45, 7) is 2.52. The molecule has 0 fully saturated rings. The Morgan fingerprint density at radius 1 is 1.53 bits per heavy atom. The fourth-order valence-electron chi connectivity index (χ4n) is 1.40. The Morgan fingerprint density at radius 2 is 2.32 bits per heavy atom. The first-order valence-electron chi connectivity index (χ1n) is 5.85. The van der Waals surface area contributed by atoms with E-state index in [0.717, 1.165) is 0 Å². The summed E-state index contributed by atoms with van der Waals surface area (Å²) in [5.41, 5.74) is 0.370. The highest BCUT2D eigenvalue weighted by Gasteiger charge is 2.07. The van der Waals surface area contributed by atoms with Crippen molar-refractivity contribution in [3.05, 3.63) is 29.6 Å². The van der Waals surface area contributed by atoms with Crippen LogP contribution in [0.5, 0.6) is 0 Å². The lowest BCUT2D eigenvalue weighted by Crippen LogP contribution is -2.17. The molecule has 0 radical (unpaired) electrons. The van der Waals surface area contributed by atoms with Crippen molar-refractivity contribution in [2.75, 3.05) is 31.7 Å². The Balaban J connectivity index is 2.33. The molecule has 1 N–H and O–H groups in total. The molecule has 0 bridgehead atoms. The molecule has 1 aromatic carbocycles. The van der Waals surface area contributed by atoms with Crippen molar-refractivity contribution in [3.8, 4) is 6.07 Å². The number of benzene rings is 1. The number of halogens is 1. The van der Waals surface area contributed by atoms with Crippen LogP contribution in [-0.4, -0.2) is 32.3 Å². The molecule has 0 aromatic heterocycles. The summed E-state index contributed by atoms with van der Waals surface area (Å²) in [5.74, 6) is -0.995. The summed E-state index contributed by atoms with van der Waals surface area (Å²) in [7, 11) is 0. The molecule has 0 spiro atoms. The van der Waals surface area contributed by atoms with E-state index in [1.54, 1.807) is 19.1 Å². The van der Waals surface area contributed by atoms with Crippen molar-refractivity contribution in [3.63, 3.8) is 0 Å². The van der Waals surface area contributed by atoms with Crippen LogP contribution in [0.25, 0.3) is 0 Å². The number of nitrogens with one attached hydrogen (secondary N) is 1. The lowest BCUT2D eigenvalue weighted by Gasteiger charge is -2.09. The Morgan fingerprint density at radius 3 is 3.00 bits per heavy atom. The Kier molecular flexibility index (Phi) is 6.33. The molecule has 0 aliphatic rings. The molecule has 0 atom stereocenters. The van der Waals surface area contributed by atoms with Crippen LogP contribution in [0.1, 0.15) is 12.5 Å². The van der Waals surface area contributed by atoms with E-state index in [2.05, 4.69) is 10.1 Å². The smallest absolute Gasteiger partial charge is 0.332 e. The highest BCUT2D eigenvalue weighted by atomic mass is 19.1. The van der Waals surface area contributed by atoms with Crippen molar-refractivity contribution in [1.29, 1.82) is 5.26 Å². The van der Waals surface area contributed by atoms with Gasteiger partial charge < -0.3 is 14.8 Å². The fourth-order valence-corrected chi connectivity index (χ4v) is 1.40. The van der Waals surface area contributed by atoms with Gasteiger partial charge in [0.2, 0.25) is 0 Å². The van der Waals surface area contributed by atoms with Crippen molar-refractivity contribution < 1.29 is 18.7 Å². The molecule has 19 heavy (non-hydrogen) atoms. The third-order valence-electron chi connectivity index (χ3n) is 2.21. The van der Waals surface area contributed by atoms with Crippen LogP contribution in [0, 0.1) is 17.1 Å². The van der Waals surface area contributed by atoms with Gasteiger partial charge in [0.05, 0.1) is 18.9 Å². The Labute approximate surface area is 110 Å². The van der Waals surface area contributed by atoms with Gasteiger partial charge in [0.15, 0.2) is 0 Å². The highest BCUT2D eigenvalue weighted by molar-refractivity contribution is 5.70. The zero-order chi connectivity index (χ0) is 14.1.